The Bertz CT molecular complexity index is 1440. The summed E-state index contributed by atoms with van der Waals surface area (Å²) in [5.41, 5.74) is 11.3. The van der Waals surface area contributed by atoms with E-state index in [0.717, 1.165) is 46.2 Å². The van der Waals surface area contributed by atoms with Crippen LogP contribution in [0, 0.1) is 0 Å². The van der Waals surface area contributed by atoms with Crippen molar-refractivity contribution in [1.82, 2.24) is 9.88 Å². The minimum Gasteiger partial charge on any atom is -0.383 e. The number of methoxy groups -OCH3 is 1. The highest BCUT2D eigenvalue weighted by Gasteiger charge is 2.20. The van der Waals surface area contributed by atoms with Crippen LogP contribution in [0.15, 0.2) is 54.6 Å². The molecule has 0 saturated carbocycles. The predicted octanol–water partition coefficient (Wildman–Crippen LogP) is 4.03. The first-order valence-corrected chi connectivity index (χ1v) is 12.6. The lowest BCUT2D eigenvalue weighted by Gasteiger charge is -2.26. The summed E-state index contributed by atoms with van der Waals surface area (Å²) >= 11 is 0. The Morgan fingerprint density at radius 2 is 1.78 bits per heavy atom. The van der Waals surface area contributed by atoms with Gasteiger partial charge in [-0.1, -0.05) is 18.2 Å². The van der Waals surface area contributed by atoms with Crippen LogP contribution in [0.3, 0.4) is 0 Å². The average molecular weight is 501 g/mol. The number of H-pyrrole nitrogens is 1. The molecule has 0 radical (unpaired) electrons. The molecule has 5 rings (SSSR count). The quantitative estimate of drug-likeness (QED) is 0.380. The maximum atomic E-state index is 13.0. The van der Waals surface area contributed by atoms with Gasteiger partial charge in [0.25, 0.3) is 11.8 Å². The van der Waals surface area contributed by atoms with E-state index in [2.05, 4.69) is 47.1 Å². The second-order valence-electron chi connectivity index (χ2n) is 9.22. The van der Waals surface area contributed by atoms with Crippen molar-refractivity contribution in [2.75, 3.05) is 58.0 Å². The first kappa shape index (κ1) is 24.8. The highest BCUT2D eigenvalue weighted by Crippen LogP contribution is 2.34. The highest BCUT2D eigenvalue weighted by atomic mass is 16.5. The van der Waals surface area contributed by atoms with Gasteiger partial charge in [-0.15, -0.1) is 0 Å². The van der Waals surface area contributed by atoms with Gasteiger partial charge in [0.15, 0.2) is 0 Å². The van der Waals surface area contributed by atoms with Crippen LogP contribution in [0.4, 0.5) is 5.69 Å². The summed E-state index contributed by atoms with van der Waals surface area (Å²) in [6.45, 7) is 6.74. The molecule has 0 spiro atoms. The second-order valence-corrected chi connectivity index (χ2v) is 9.22. The number of aromatic amines is 1. The van der Waals surface area contributed by atoms with Crippen molar-refractivity contribution in [1.29, 1.82) is 0 Å². The Hall–Kier alpha value is -3.88. The molecule has 2 heterocycles. The number of likely N-dealkylation sites (N-methyl/N-ethyl adjacent to an activating group) is 1. The molecule has 2 amide bonds. The van der Waals surface area contributed by atoms with Crippen molar-refractivity contribution in [3.8, 4) is 11.1 Å². The summed E-state index contributed by atoms with van der Waals surface area (Å²) < 4.78 is 10.6. The van der Waals surface area contributed by atoms with Crippen molar-refractivity contribution in [2.24, 2.45) is 5.73 Å². The molecule has 0 aliphatic carbocycles. The van der Waals surface area contributed by atoms with Crippen LogP contribution in [-0.4, -0.2) is 74.8 Å². The fourth-order valence-corrected chi connectivity index (χ4v) is 4.99. The number of benzene rings is 3. The van der Waals surface area contributed by atoms with Gasteiger partial charge in [0.1, 0.15) is 0 Å². The number of nitrogens with two attached hydrogens (primary N) is 1. The van der Waals surface area contributed by atoms with Gasteiger partial charge in [-0.05, 0) is 54.4 Å². The van der Waals surface area contributed by atoms with Crippen molar-refractivity contribution < 1.29 is 19.1 Å². The number of aromatic nitrogens is 1. The zero-order valence-electron chi connectivity index (χ0n) is 21.3. The van der Waals surface area contributed by atoms with Crippen LogP contribution in [0.2, 0.25) is 0 Å². The van der Waals surface area contributed by atoms with Crippen molar-refractivity contribution in [3.63, 3.8) is 0 Å². The van der Waals surface area contributed by atoms with E-state index in [-0.39, 0.29) is 5.91 Å². The monoisotopic (exact) mass is 500 g/mol. The zero-order valence-corrected chi connectivity index (χ0v) is 21.3. The number of nitrogens with zero attached hydrogens (tertiary/aromatic N) is 2. The number of anilines is 1. The summed E-state index contributed by atoms with van der Waals surface area (Å²) in [6, 6.07) is 17.8. The van der Waals surface area contributed by atoms with Crippen LogP contribution in [0.1, 0.15) is 27.6 Å². The highest BCUT2D eigenvalue weighted by molar-refractivity contribution is 6.17. The minimum atomic E-state index is -0.503. The number of carbonyl (C=O) groups is 2. The lowest BCUT2D eigenvalue weighted by Crippen LogP contribution is -2.40. The Morgan fingerprint density at radius 3 is 2.46 bits per heavy atom. The summed E-state index contributed by atoms with van der Waals surface area (Å²) in [5, 5.41) is 1.83. The third kappa shape index (κ3) is 4.90. The van der Waals surface area contributed by atoms with E-state index in [4.69, 9.17) is 15.2 Å². The molecule has 1 saturated heterocycles. The first-order chi connectivity index (χ1) is 18.0. The van der Waals surface area contributed by atoms with Crippen LogP contribution < -0.4 is 10.6 Å². The van der Waals surface area contributed by atoms with E-state index < -0.39 is 5.91 Å². The number of nitrogens with one attached hydrogen (secondary N) is 1. The van der Waals surface area contributed by atoms with Crippen LogP contribution in [-0.2, 0) is 9.47 Å². The van der Waals surface area contributed by atoms with E-state index in [9.17, 15) is 9.59 Å². The summed E-state index contributed by atoms with van der Waals surface area (Å²) in [7, 11) is 1.71. The number of hydrogen-bond acceptors (Lipinski definition) is 5. The maximum absolute atomic E-state index is 13.0. The summed E-state index contributed by atoms with van der Waals surface area (Å²) in [5.74, 6) is -0.525. The van der Waals surface area contributed by atoms with Crippen LogP contribution in [0.5, 0.6) is 0 Å². The molecule has 1 fully saturated rings. The Kier molecular flexibility index (Phi) is 7.12. The van der Waals surface area contributed by atoms with E-state index >= 15 is 0 Å². The molecule has 3 aromatic carbocycles. The lowest BCUT2D eigenvalue weighted by molar-refractivity contribution is 0.0303. The molecular weight excluding hydrogens is 468 g/mol. The zero-order chi connectivity index (χ0) is 25.9. The van der Waals surface area contributed by atoms with E-state index in [1.165, 1.54) is 0 Å². The lowest BCUT2D eigenvalue weighted by atomic mass is 9.98. The predicted molar refractivity (Wildman–Crippen MR) is 146 cm³/mol. The van der Waals surface area contributed by atoms with Crippen molar-refractivity contribution >= 4 is 39.3 Å². The summed E-state index contributed by atoms with van der Waals surface area (Å²) in [4.78, 5) is 32.8. The molecule has 1 aliphatic heterocycles. The van der Waals surface area contributed by atoms with Crippen molar-refractivity contribution in [2.45, 2.75) is 6.92 Å². The average Bonchev–Trinajstić information content (AvgIpc) is 3.31. The number of amides is 2. The Morgan fingerprint density at radius 1 is 1.03 bits per heavy atom. The van der Waals surface area contributed by atoms with Gasteiger partial charge in [-0.25, -0.2) is 0 Å². The molecule has 192 valence electrons. The normalized spacial score (nSPS) is 13.8. The maximum Gasteiger partial charge on any atom is 0.254 e. The van der Waals surface area contributed by atoms with Crippen LogP contribution in [0.25, 0.3) is 32.9 Å². The van der Waals surface area contributed by atoms with Gasteiger partial charge in [0, 0.05) is 60.8 Å². The number of fused-ring (bicyclic) bond motifs is 3. The standard InChI is InChI=1S/C29H32N4O4/c1-3-32(10-13-36-2)22-7-4-19(5-8-22)21-16-24-23-9-6-20(29(35)33-11-14-37-15-12-33)18-26(23)31-27(24)25(17-21)28(30)34/h4-9,16-18,31H,3,10-15H2,1-2H3,(H2,30,34). The number of ether oxygens (including phenoxy) is 2. The van der Waals surface area contributed by atoms with Crippen molar-refractivity contribution in [3.05, 3.63) is 65.7 Å². The molecule has 4 aromatic rings. The molecule has 1 aliphatic rings. The molecule has 37 heavy (non-hydrogen) atoms. The van der Waals surface area contributed by atoms with Gasteiger partial charge >= 0.3 is 0 Å². The topological polar surface area (TPSA) is 101 Å². The second kappa shape index (κ2) is 10.6. The van der Waals surface area contributed by atoms with Gasteiger partial charge < -0.3 is 30.0 Å². The third-order valence-corrected chi connectivity index (χ3v) is 7.03. The Balaban J connectivity index is 1.53. The molecule has 3 N–H and O–H groups in total. The number of rotatable bonds is 8. The third-order valence-electron chi connectivity index (χ3n) is 7.03. The fourth-order valence-electron chi connectivity index (χ4n) is 4.99. The SMILES string of the molecule is CCN(CCOC)c1ccc(-c2cc(C(N)=O)c3[nH]c4cc(C(=O)N5CCOCC5)ccc4c3c2)cc1. The molecule has 0 unspecified atom stereocenters. The molecule has 8 nitrogen and oxygen atoms in total. The summed E-state index contributed by atoms with van der Waals surface area (Å²) in [6.07, 6.45) is 0. The number of morpholine rings is 1. The van der Waals surface area contributed by atoms with Gasteiger partial charge in [0.05, 0.1) is 30.9 Å². The molecule has 0 bridgehead atoms. The number of carbonyl (C=O) groups excluding carboxylic acids is 2. The molecule has 8 heteroatoms. The molecule has 1 aromatic heterocycles. The Labute approximate surface area is 215 Å². The van der Waals surface area contributed by atoms with Gasteiger partial charge in [-0.2, -0.15) is 0 Å². The smallest absolute Gasteiger partial charge is 0.254 e. The molecular formula is C29H32N4O4. The largest absolute Gasteiger partial charge is 0.383 e. The van der Waals surface area contributed by atoms with E-state index in [1.807, 2.05) is 24.3 Å². The van der Waals surface area contributed by atoms with E-state index in [1.54, 1.807) is 12.0 Å². The van der Waals surface area contributed by atoms with E-state index in [0.29, 0.717) is 49.6 Å². The fraction of sp³-hybridized carbons (Fsp3) is 0.310. The number of primary amides is 1. The van der Waals surface area contributed by atoms with Gasteiger partial charge in [0.2, 0.25) is 0 Å². The first-order valence-electron chi connectivity index (χ1n) is 12.6. The van der Waals surface area contributed by atoms with Crippen LogP contribution >= 0.6 is 0 Å². The van der Waals surface area contributed by atoms with Gasteiger partial charge in [-0.3, -0.25) is 9.59 Å². The number of hydrogen-bond donors (Lipinski definition) is 2. The minimum absolute atomic E-state index is 0.0219. The molecule has 0 atom stereocenters.